The lowest BCUT2D eigenvalue weighted by Crippen LogP contribution is -2.46. The van der Waals surface area contributed by atoms with Crippen molar-refractivity contribution in [3.8, 4) is 5.75 Å². The molecular weight excluding hydrogens is 502 g/mol. The Hall–Kier alpha value is -4.28. The third-order valence-electron chi connectivity index (χ3n) is 8.11. The van der Waals surface area contributed by atoms with Crippen LogP contribution in [0.1, 0.15) is 22.5 Å². The van der Waals surface area contributed by atoms with Crippen LogP contribution in [0.3, 0.4) is 0 Å². The third-order valence-corrected chi connectivity index (χ3v) is 8.11. The van der Waals surface area contributed by atoms with Crippen LogP contribution in [0.5, 0.6) is 5.75 Å². The molecule has 0 amide bonds. The molecule has 1 fully saturated rings. The van der Waals surface area contributed by atoms with Gasteiger partial charge in [0.15, 0.2) is 11.5 Å². The number of piperazine rings is 1. The van der Waals surface area contributed by atoms with E-state index in [-0.39, 0.29) is 0 Å². The number of nitrogen functional groups attached to an aromatic ring is 1. The lowest BCUT2D eigenvalue weighted by atomic mass is 9.94. The number of rotatable bonds is 6. The summed E-state index contributed by atoms with van der Waals surface area (Å²) in [5, 5.41) is 5.61. The first-order chi connectivity index (χ1) is 19.7. The number of nitrogens with two attached hydrogens (primary N) is 1. The number of pyridine rings is 1. The topological polar surface area (TPSA) is 101 Å². The summed E-state index contributed by atoms with van der Waals surface area (Å²) in [5.41, 5.74) is 12.0. The van der Waals surface area contributed by atoms with Gasteiger partial charge in [0.1, 0.15) is 17.1 Å². The number of fused-ring (bicyclic) bond motifs is 4. The highest BCUT2D eigenvalue weighted by atomic mass is 16.5. The van der Waals surface area contributed by atoms with E-state index in [1.165, 1.54) is 16.7 Å². The van der Waals surface area contributed by atoms with Gasteiger partial charge in [-0.25, -0.2) is 15.0 Å². The Bertz CT molecular complexity index is 1660. The highest BCUT2D eigenvalue weighted by Gasteiger charge is 2.24. The van der Waals surface area contributed by atoms with Crippen LogP contribution >= 0.6 is 0 Å². The average Bonchev–Trinajstić information content (AvgIpc) is 3.43. The molecule has 0 atom stereocenters. The SMILES string of the molecule is COc1cccc2c1nc(N)n1nc(CN3CCc4cccc(CN5CCN(c6ccccn6)CC5)c4C3)nc21. The van der Waals surface area contributed by atoms with Gasteiger partial charge in [-0.2, -0.15) is 4.52 Å². The van der Waals surface area contributed by atoms with Crippen LogP contribution in [-0.4, -0.2) is 74.2 Å². The number of ether oxygens (including phenoxy) is 1. The summed E-state index contributed by atoms with van der Waals surface area (Å²) in [6, 6.07) is 18.7. The van der Waals surface area contributed by atoms with Crippen molar-refractivity contribution in [2.24, 2.45) is 0 Å². The zero-order valence-electron chi connectivity index (χ0n) is 22.7. The molecule has 7 rings (SSSR count). The monoisotopic (exact) mass is 535 g/mol. The first-order valence-electron chi connectivity index (χ1n) is 13.8. The number of anilines is 2. The fourth-order valence-electron chi connectivity index (χ4n) is 6.01. The van der Waals surface area contributed by atoms with Crippen molar-refractivity contribution in [3.63, 3.8) is 0 Å². The van der Waals surface area contributed by atoms with E-state index in [2.05, 4.69) is 55.0 Å². The maximum absolute atomic E-state index is 6.28. The molecule has 0 aliphatic carbocycles. The van der Waals surface area contributed by atoms with E-state index in [1.807, 2.05) is 30.5 Å². The lowest BCUT2D eigenvalue weighted by molar-refractivity contribution is 0.228. The Balaban J connectivity index is 1.07. The highest BCUT2D eigenvalue weighted by molar-refractivity contribution is 5.95. The Kier molecular flexibility index (Phi) is 6.41. The summed E-state index contributed by atoms with van der Waals surface area (Å²) in [4.78, 5) is 21.3. The first-order valence-corrected chi connectivity index (χ1v) is 13.8. The molecule has 0 unspecified atom stereocenters. The van der Waals surface area contributed by atoms with Gasteiger partial charge < -0.3 is 15.4 Å². The molecule has 2 aliphatic heterocycles. The Morgan fingerprint density at radius 2 is 1.75 bits per heavy atom. The van der Waals surface area contributed by atoms with Crippen LogP contribution < -0.4 is 15.4 Å². The second-order valence-electron chi connectivity index (χ2n) is 10.6. The minimum Gasteiger partial charge on any atom is -0.494 e. The van der Waals surface area contributed by atoms with Gasteiger partial charge in [-0.3, -0.25) is 9.80 Å². The molecule has 0 bridgehead atoms. The quantitative estimate of drug-likeness (QED) is 0.351. The predicted molar refractivity (Wildman–Crippen MR) is 155 cm³/mol. The number of benzene rings is 2. The molecule has 5 aromatic rings. The van der Waals surface area contributed by atoms with Gasteiger partial charge in [-0.05, 0) is 47.4 Å². The zero-order chi connectivity index (χ0) is 27.1. The van der Waals surface area contributed by atoms with Crippen molar-refractivity contribution < 1.29 is 4.74 Å². The van der Waals surface area contributed by atoms with Crippen LogP contribution in [0.4, 0.5) is 11.8 Å². The third kappa shape index (κ3) is 4.59. The normalized spacial score (nSPS) is 16.5. The minimum atomic E-state index is 0.306. The molecule has 40 heavy (non-hydrogen) atoms. The minimum absolute atomic E-state index is 0.306. The van der Waals surface area contributed by atoms with E-state index < -0.39 is 0 Å². The molecular formula is C30H33N9O. The van der Waals surface area contributed by atoms with E-state index >= 15 is 0 Å². The molecule has 3 aromatic heterocycles. The molecule has 0 saturated carbocycles. The summed E-state index contributed by atoms with van der Waals surface area (Å²) in [6.45, 7) is 7.53. The summed E-state index contributed by atoms with van der Waals surface area (Å²) in [7, 11) is 1.64. The average molecular weight is 536 g/mol. The van der Waals surface area contributed by atoms with Crippen molar-refractivity contribution in [2.45, 2.75) is 26.1 Å². The summed E-state index contributed by atoms with van der Waals surface area (Å²) in [5.74, 6) is 2.80. The van der Waals surface area contributed by atoms with Crippen LogP contribution in [0.25, 0.3) is 16.6 Å². The maximum atomic E-state index is 6.28. The largest absolute Gasteiger partial charge is 0.494 e. The van der Waals surface area contributed by atoms with Gasteiger partial charge in [-0.1, -0.05) is 30.3 Å². The van der Waals surface area contributed by atoms with Crippen molar-refractivity contribution in [3.05, 3.63) is 83.3 Å². The molecule has 2 aliphatic rings. The van der Waals surface area contributed by atoms with Crippen LogP contribution in [0, 0.1) is 0 Å². The van der Waals surface area contributed by atoms with Gasteiger partial charge >= 0.3 is 0 Å². The number of methoxy groups -OCH3 is 1. The van der Waals surface area contributed by atoms with Crippen molar-refractivity contribution >= 4 is 28.3 Å². The Morgan fingerprint density at radius 3 is 2.58 bits per heavy atom. The molecule has 10 nitrogen and oxygen atoms in total. The molecule has 0 radical (unpaired) electrons. The molecule has 2 N–H and O–H groups in total. The van der Waals surface area contributed by atoms with E-state index in [0.717, 1.165) is 69.3 Å². The second-order valence-corrected chi connectivity index (χ2v) is 10.6. The summed E-state index contributed by atoms with van der Waals surface area (Å²) >= 11 is 0. The lowest BCUT2D eigenvalue weighted by Gasteiger charge is -2.36. The van der Waals surface area contributed by atoms with E-state index in [9.17, 15) is 0 Å². The molecule has 5 heterocycles. The molecule has 0 spiro atoms. The number of aromatic nitrogens is 5. The summed E-state index contributed by atoms with van der Waals surface area (Å²) in [6.07, 6.45) is 2.89. The fourth-order valence-corrected chi connectivity index (χ4v) is 6.01. The molecule has 2 aromatic carbocycles. The fraction of sp³-hybridized carbons (Fsp3) is 0.333. The highest BCUT2D eigenvalue weighted by Crippen LogP contribution is 2.29. The van der Waals surface area contributed by atoms with E-state index in [1.54, 1.807) is 11.6 Å². The van der Waals surface area contributed by atoms with Gasteiger partial charge in [0.2, 0.25) is 5.95 Å². The molecule has 204 valence electrons. The molecule has 10 heteroatoms. The van der Waals surface area contributed by atoms with Gasteiger partial charge in [0.05, 0.1) is 13.7 Å². The number of hydrogen-bond donors (Lipinski definition) is 1. The van der Waals surface area contributed by atoms with E-state index in [0.29, 0.717) is 29.4 Å². The Labute approximate surface area is 233 Å². The van der Waals surface area contributed by atoms with Crippen molar-refractivity contribution in [2.75, 3.05) is 50.5 Å². The van der Waals surface area contributed by atoms with E-state index in [4.69, 9.17) is 20.6 Å². The van der Waals surface area contributed by atoms with Crippen molar-refractivity contribution in [1.82, 2.24) is 34.4 Å². The van der Waals surface area contributed by atoms with Crippen molar-refractivity contribution in [1.29, 1.82) is 0 Å². The Morgan fingerprint density at radius 1 is 0.875 bits per heavy atom. The standard InChI is InChI=1S/C30H33N9O/c1-40-25-9-5-8-23-28(25)34-30(31)39-29(23)33-26(35-39)20-37-13-11-21-6-4-7-22(24(21)19-37)18-36-14-16-38(17-15-36)27-10-2-3-12-32-27/h2-10,12H,11,13-20H2,1H3,(H2,31,34). The van der Waals surface area contributed by atoms with Gasteiger partial charge in [0.25, 0.3) is 0 Å². The second kappa shape index (κ2) is 10.4. The molecule has 1 saturated heterocycles. The van der Waals surface area contributed by atoms with Gasteiger partial charge in [-0.15, -0.1) is 5.10 Å². The number of nitrogens with zero attached hydrogens (tertiary/aromatic N) is 8. The van der Waals surface area contributed by atoms with Crippen LogP contribution in [0.15, 0.2) is 60.8 Å². The summed E-state index contributed by atoms with van der Waals surface area (Å²) < 4.78 is 7.14. The van der Waals surface area contributed by atoms with Crippen LogP contribution in [-0.2, 0) is 26.1 Å². The first kappa shape index (κ1) is 24.7. The number of hydrogen-bond acceptors (Lipinski definition) is 9. The smallest absolute Gasteiger partial charge is 0.223 e. The number of para-hydroxylation sites is 1. The maximum Gasteiger partial charge on any atom is 0.223 e. The van der Waals surface area contributed by atoms with Gasteiger partial charge in [0, 0.05) is 57.4 Å². The zero-order valence-corrected chi connectivity index (χ0v) is 22.7. The predicted octanol–water partition coefficient (Wildman–Crippen LogP) is 3.14. The van der Waals surface area contributed by atoms with Crippen LogP contribution in [0.2, 0.25) is 0 Å².